The van der Waals surface area contributed by atoms with Crippen molar-refractivity contribution >= 4 is 27.8 Å². The van der Waals surface area contributed by atoms with Crippen molar-refractivity contribution in [3.8, 4) is 0 Å². The van der Waals surface area contributed by atoms with Crippen LogP contribution in [0.4, 0.5) is 0 Å². The Morgan fingerprint density at radius 2 is 2.12 bits per heavy atom. The Morgan fingerprint density at radius 1 is 1.50 bits per heavy atom. The molecule has 0 fully saturated rings. The molecule has 1 rings (SSSR count). The minimum Gasteiger partial charge on any atom is -0.480 e. The summed E-state index contributed by atoms with van der Waals surface area (Å²) in [5.41, 5.74) is 0.284. The topological polar surface area (TPSA) is 79.5 Å². The Hall–Kier alpha value is -1.30. The summed E-state index contributed by atoms with van der Waals surface area (Å²) < 4.78 is 5.19. The van der Waals surface area contributed by atoms with Crippen LogP contribution in [0.5, 0.6) is 0 Å². The Balaban J connectivity index is 2.77. The number of furan rings is 1. The minimum atomic E-state index is -1.05. The first-order valence-electron chi connectivity index (χ1n) is 4.70. The van der Waals surface area contributed by atoms with E-state index in [0.717, 1.165) is 0 Å². The Bertz CT molecular complexity index is 399. The zero-order valence-corrected chi connectivity index (χ0v) is 10.4. The van der Waals surface area contributed by atoms with Crippen LogP contribution in [0.2, 0.25) is 0 Å². The highest BCUT2D eigenvalue weighted by atomic mass is 79.9. The summed E-state index contributed by atoms with van der Waals surface area (Å²) in [4.78, 5) is 22.6. The summed E-state index contributed by atoms with van der Waals surface area (Å²) >= 11 is 3.06. The second kappa shape index (κ2) is 5.16. The average molecular weight is 290 g/mol. The second-order valence-electron chi connectivity index (χ2n) is 3.64. The molecule has 0 saturated carbocycles. The van der Waals surface area contributed by atoms with Crippen LogP contribution >= 0.6 is 15.9 Å². The lowest BCUT2D eigenvalue weighted by Crippen LogP contribution is -2.44. The van der Waals surface area contributed by atoms with Gasteiger partial charge in [-0.2, -0.15) is 0 Å². The van der Waals surface area contributed by atoms with Crippen molar-refractivity contribution < 1.29 is 19.1 Å². The molecule has 0 bridgehead atoms. The van der Waals surface area contributed by atoms with Crippen molar-refractivity contribution in [2.45, 2.75) is 19.9 Å². The first kappa shape index (κ1) is 12.8. The highest BCUT2D eigenvalue weighted by molar-refractivity contribution is 9.10. The normalized spacial score (nSPS) is 12.5. The van der Waals surface area contributed by atoms with Gasteiger partial charge in [0.25, 0.3) is 5.91 Å². The molecule has 1 atom stereocenters. The fourth-order valence-electron chi connectivity index (χ4n) is 1.19. The number of rotatable bonds is 4. The molecular formula is C10H12BrNO4. The largest absolute Gasteiger partial charge is 0.480 e. The number of halogens is 1. The Labute approximate surface area is 101 Å². The third-order valence-electron chi connectivity index (χ3n) is 2.08. The van der Waals surface area contributed by atoms with E-state index in [1.165, 1.54) is 12.3 Å². The SMILES string of the molecule is CC(C)[C@@H](NC(=O)c1ccoc1Br)C(=O)O. The molecule has 0 aliphatic carbocycles. The van der Waals surface area contributed by atoms with Crippen LogP contribution in [0.1, 0.15) is 24.2 Å². The number of carboxylic acid groups (broad SMARTS) is 1. The molecule has 2 N–H and O–H groups in total. The van der Waals surface area contributed by atoms with Crippen molar-refractivity contribution in [3.63, 3.8) is 0 Å². The van der Waals surface area contributed by atoms with Crippen molar-refractivity contribution in [2.24, 2.45) is 5.92 Å². The van der Waals surface area contributed by atoms with Crippen LogP contribution in [0.25, 0.3) is 0 Å². The first-order valence-corrected chi connectivity index (χ1v) is 5.49. The molecule has 0 aromatic carbocycles. The smallest absolute Gasteiger partial charge is 0.326 e. The summed E-state index contributed by atoms with van der Waals surface area (Å²) in [6.07, 6.45) is 1.35. The van der Waals surface area contributed by atoms with Gasteiger partial charge in [-0.1, -0.05) is 13.8 Å². The molecule has 1 aromatic rings. The molecule has 0 saturated heterocycles. The van der Waals surface area contributed by atoms with E-state index in [0.29, 0.717) is 0 Å². The molecule has 1 aromatic heterocycles. The highest BCUT2D eigenvalue weighted by Gasteiger charge is 2.25. The fraction of sp³-hybridized carbons (Fsp3) is 0.400. The zero-order valence-electron chi connectivity index (χ0n) is 8.86. The monoisotopic (exact) mass is 289 g/mol. The number of nitrogens with one attached hydrogen (secondary N) is 1. The highest BCUT2D eigenvalue weighted by Crippen LogP contribution is 2.17. The van der Waals surface area contributed by atoms with E-state index < -0.39 is 17.9 Å². The third-order valence-corrected chi connectivity index (χ3v) is 2.70. The van der Waals surface area contributed by atoms with E-state index in [1.807, 2.05) is 0 Å². The maximum Gasteiger partial charge on any atom is 0.326 e. The van der Waals surface area contributed by atoms with Crippen LogP contribution in [-0.4, -0.2) is 23.0 Å². The third kappa shape index (κ3) is 2.85. The summed E-state index contributed by atoms with van der Waals surface area (Å²) in [6.45, 7) is 3.45. The number of hydrogen-bond donors (Lipinski definition) is 2. The minimum absolute atomic E-state index is 0.188. The van der Waals surface area contributed by atoms with E-state index in [2.05, 4.69) is 21.2 Å². The predicted octanol–water partition coefficient (Wildman–Crippen LogP) is 1.88. The zero-order chi connectivity index (χ0) is 12.3. The van der Waals surface area contributed by atoms with Gasteiger partial charge in [0.05, 0.1) is 11.8 Å². The molecule has 0 aliphatic heterocycles. The molecule has 16 heavy (non-hydrogen) atoms. The van der Waals surface area contributed by atoms with Crippen LogP contribution in [-0.2, 0) is 4.79 Å². The van der Waals surface area contributed by atoms with Crippen LogP contribution in [0, 0.1) is 5.92 Å². The molecule has 0 aliphatic rings. The number of hydrogen-bond acceptors (Lipinski definition) is 3. The Kier molecular flexibility index (Phi) is 4.12. The van der Waals surface area contributed by atoms with Gasteiger partial charge in [-0.05, 0) is 27.9 Å². The second-order valence-corrected chi connectivity index (χ2v) is 4.36. The first-order chi connectivity index (χ1) is 7.43. The lowest BCUT2D eigenvalue weighted by Gasteiger charge is -2.17. The summed E-state index contributed by atoms with van der Waals surface area (Å²) in [7, 11) is 0. The van der Waals surface area contributed by atoms with Crippen LogP contribution < -0.4 is 5.32 Å². The number of amides is 1. The maximum absolute atomic E-state index is 11.7. The van der Waals surface area contributed by atoms with Crippen molar-refractivity contribution in [2.75, 3.05) is 0 Å². The van der Waals surface area contributed by atoms with E-state index in [4.69, 9.17) is 9.52 Å². The van der Waals surface area contributed by atoms with E-state index in [-0.39, 0.29) is 16.2 Å². The van der Waals surface area contributed by atoms with Gasteiger partial charge in [-0.3, -0.25) is 4.79 Å². The molecule has 0 unspecified atom stereocenters. The van der Waals surface area contributed by atoms with E-state index in [9.17, 15) is 9.59 Å². The number of aliphatic carboxylic acids is 1. The van der Waals surface area contributed by atoms with E-state index in [1.54, 1.807) is 13.8 Å². The van der Waals surface area contributed by atoms with Crippen LogP contribution in [0.3, 0.4) is 0 Å². The molecular weight excluding hydrogens is 278 g/mol. The van der Waals surface area contributed by atoms with E-state index >= 15 is 0 Å². The van der Waals surface area contributed by atoms with Crippen LogP contribution in [0.15, 0.2) is 21.4 Å². The van der Waals surface area contributed by atoms with Gasteiger partial charge in [0.15, 0.2) is 4.67 Å². The standard InChI is InChI=1S/C10H12BrNO4/c1-5(2)7(10(14)15)12-9(13)6-3-4-16-8(6)11/h3-5,7H,1-2H3,(H,12,13)(H,14,15)/t7-/m1/s1. The lowest BCUT2D eigenvalue weighted by molar-refractivity contribution is -0.140. The molecule has 88 valence electrons. The van der Waals surface area contributed by atoms with Crippen molar-refractivity contribution in [1.82, 2.24) is 5.32 Å². The van der Waals surface area contributed by atoms with Gasteiger partial charge in [-0.15, -0.1) is 0 Å². The molecule has 0 spiro atoms. The predicted molar refractivity (Wildman–Crippen MR) is 60.1 cm³/mol. The number of carbonyl (C=O) groups excluding carboxylic acids is 1. The van der Waals surface area contributed by atoms with Gasteiger partial charge in [0.2, 0.25) is 0 Å². The van der Waals surface area contributed by atoms with Gasteiger partial charge in [-0.25, -0.2) is 4.79 Å². The lowest BCUT2D eigenvalue weighted by atomic mass is 10.0. The average Bonchev–Trinajstić information content (AvgIpc) is 2.59. The summed E-state index contributed by atoms with van der Waals surface area (Å²) in [5.74, 6) is -1.71. The van der Waals surface area contributed by atoms with Crippen molar-refractivity contribution in [3.05, 3.63) is 22.6 Å². The molecule has 5 nitrogen and oxygen atoms in total. The fourth-order valence-corrected chi connectivity index (χ4v) is 1.61. The molecule has 1 heterocycles. The molecule has 0 radical (unpaired) electrons. The molecule has 1 amide bonds. The number of carbonyl (C=O) groups is 2. The van der Waals surface area contributed by atoms with Gasteiger partial charge in [0, 0.05) is 0 Å². The number of carboxylic acids is 1. The summed E-state index contributed by atoms with van der Waals surface area (Å²) in [5, 5.41) is 11.3. The summed E-state index contributed by atoms with van der Waals surface area (Å²) in [6, 6.07) is 0.563. The Morgan fingerprint density at radius 3 is 2.50 bits per heavy atom. The maximum atomic E-state index is 11.7. The van der Waals surface area contributed by atoms with Gasteiger partial charge >= 0.3 is 5.97 Å². The van der Waals surface area contributed by atoms with Gasteiger partial charge in [0.1, 0.15) is 6.04 Å². The van der Waals surface area contributed by atoms with Gasteiger partial charge < -0.3 is 14.8 Å². The van der Waals surface area contributed by atoms with Crippen molar-refractivity contribution in [1.29, 1.82) is 0 Å². The quantitative estimate of drug-likeness (QED) is 0.887. The molecule has 6 heteroatoms.